The molecule has 0 N–H and O–H groups in total. The van der Waals surface area contributed by atoms with Gasteiger partial charge >= 0.3 is 0 Å². The lowest BCUT2D eigenvalue weighted by atomic mass is 9.79. The molecule has 1 aliphatic heterocycles. The van der Waals surface area contributed by atoms with Crippen LogP contribution < -0.4 is 0 Å². The van der Waals surface area contributed by atoms with Crippen LogP contribution in [-0.2, 0) is 11.2 Å². The maximum absolute atomic E-state index is 13.3. The fourth-order valence-electron chi connectivity index (χ4n) is 4.48. The topological polar surface area (TPSA) is 53.5 Å². The third-order valence-electron chi connectivity index (χ3n) is 6.06. The number of aromatic nitrogens is 1. The Morgan fingerprint density at radius 3 is 2.53 bits per heavy atom. The lowest BCUT2D eigenvalue weighted by molar-refractivity contribution is -0.138. The van der Waals surface area contributed by atoms with Crippen molar-refractivity contribution in [3.8, 4) is 11.1 Å². The van der Waals surface area contributed by atoms with Crippen LogP contribution in [0.2, 0.25) is 0 Å². The van der Waals surface area contributed by atoms with Crippen LogP contribution in [0, 0.1) is 11.2 Å². The van der Waals surface area contributed by atoms with Gasteiger partial charge in [0.05, 0.1) is 11.0 Å². The summed E-state index contributed by atoms with van der Waals surface area (Å²) >= 11 is 0. The first-order valence-corrected chi connectivity index (χ1v) is 10.6. The van der Waals surface area contributed by atoms with Gasteiger partial charge < -0.3 is 9.80 Å². The van der Waals surface area contributed by atoms with Crippen molar-refractivity contribution < 1.29 is 14.0 Å². The highest BCUT2D eigenvalue weighted by Gasteiger charge is 2.46. The van der Waals surface area contributed by atoms with Gasteiger partial charge in [0.15, 0.2) is 0 Å². The average Bonchev–Trinajstić information content (AvgIpc) is 3.24. The summed E-state index contributed by atoms with van der Waals surface area (Å²) in [4.78, 5) is 33.7. The zero-order valence-corrected chi connectivity index (χ0v) is 18.3. The minimum Gasteiger partial charge on any atom is -0.348 e. The summed E-state index contributed by atoms with van der Waals surface area (Å²) in [5, 5.41) is 0. The average molecular weight is 432 g/mol. The molecule has 0 bridgehead atoms. The molecule has 2 aromatic carbocycles. The summed E-state index contributed by atoms with van der Waals surface area (Å²) in [7, 11) is 3.51. The molecule has 5 nitrogen and oxygen atoms in total. The highest BCUT2D eigenvalue weighted by molar-refractivity contribution is 5.95. The number of benzene rings is 2. The van der Waals surface area contributed by atoms with Crippen molar-refractivity contribution >= 4 is 11.8 Å². The second-order valence-corrected chi connectivity index (χ2v) is 8.58. The van der Waals surface area contributed by atoms with E-state index in [1.54, 1.807) is 60.6 Å². The van der Waals surface area contributed by atoms with Crippen molar-refractivity contribution in [2.75, 3.05) is 27.2 Å². The largest absolute Gasteiger partial charge is 0.348 e. The van der Waals surface area contributed by atoms with Gasteiger partial charge in [0.2, 0.25) is 5.91 Å². The number of carbonyl (C=O) groups is 2. The van der Waals surface area contributed by atoms with E-state index >= 15 is 0 Å². The molecule has 6 heteroatoms. The Morgan fingerprint density at radius 1 is 1.06 bits per heavy atom. The summed E-state index contributed by atoms with van der Waals surface area (Å²) in [6.07, 6.45) is 4.31. The number of rotatable bonds is 5. The third kappa shape index (κ3) is 4.40. The van der Waals surface area contributed by atoms with Gasteiger partial charge in [0.25, 0.3) is 5.91 Å². The molecule has 0 spiro atoms. The molecule has 2 amide bonds. The second-order valence-electron chi connectivity index (χ2n) is 8.58. The number of halogens is 1. The fourth-order valence-corrected chi connectivity index (χ4v) is 4.48. The van der Waals surface area contributed by atoms with E-state index in [-0.39, 0.29) is 17.6 Å². The van der Waals surface area contributed by atoms with Crippen LogP contribution in [0.3, 0.4) is 0 Å². The predicted octanol–water partition coefficient (Wildman–Crippen LogP) is 4.05. The summed E-state index contributed by atoms with van der Waals surface area (Å²) in [6, 6.07) is 17.8. The first kappa shape index (κ1) is 21.7. The Morgan fingerprint density at radius 2 is 1.84 bits per heavy atom. The lowest BCUT2D eigenvalue weighted by Crippen LogP contribution is -2.44. The molecule has 3 aromatic rings. The molecule has 4 rings (SSSR count). The Kier molecular flexibility index (Phi) is 6.04. The van der Waals surface area contributed by atoms with Gasteiger partial charge in [-0.05, 0) is 53.8 Å². The Labute approximate surface area is 187 Å². The van der Waals surface area contributed by atoms with E-state index in [1.165, 1.54) is 12.1 Å². The monoisotopic (exact) mass is 431 g/mol. The molecule has 1 unspecified atom stereocenters. The van der Waals surface area contributed by atoms with Gasteiger partial charge in [0, 0.05) is 39.6 Å². The van der Waals surface area contributed by atoms with Crippen LogP contribution in [-0.4, -0.2) is 53.8 Å². The molecule has 1 aromatic heterocycles. The highest BCUT2D eigenvalue weighted by Crippen LogP contribution is 2.37. The first-order chi connectivity index (χ1) is 15.4. The second kappa shape index (κ2) is 8.91. The highest BCUT2D eigenvalue weighted by atomic mass is 19.1. The van der Waals surface area contributed by atoms with Crippen molar-refractivity contribution in [1.29, 1.82) is 0 Å². The molecule has 0 radical (unpaired) electrons. The molecular formula is C26H26FN3O2. The fraction of sp³-hybridized carbons (Fsp3) is 0.269. The quantitative estimate of drug-likeness (QED) is 0.612. The smallest absolute Gasteiger partial charge is 0.255 e. The third-order valence-corrected chi connectivity index (χ3v) is 6.06. The number of carbonyl (C=O) groups excluding carboxylic acids is 2. The maximum atomic E-state index is 13.3. The molecule has 164 valence electrons. The summed E-state index contributed by atoms with van der Waals surface area (Å²) in [6.45, 7) is 0.878. The van der Waals surface area contributed by atoms with Gasteiger partial charge in [-0.1, -0.05) is 36.4 Å². The Bertz CT molecular complexity index is 1120. The molecule has 1 saturated heterocycles. The van der Waals surface area contributed by atoms with Gasteiger partial charge in [0.1, 0.15) is 5.82 Å². The van der Waals surface area contributed by atoms with Crippen LogP contribution in [0.1, 0.15) is 22.3 Å². The van der Waals surface area contributed by atoms with Crippen molar-refractivity contribution in [3.05, 3.63) is 90.0 Å². The number of hydrogen-bond donors (Lipinski definition) is 0. The molecule has 1 atom stereocenters. The number of hydrogen-bond acceptors (Lipinski definition) is 3. The summed E-state index contributed by atoms with van der Waals surface area (Å²) in [5.74, 6) is -0.359. The van der Waals surface area contributed by atoms with E-state index in [4.69, 9.17) is 0 Å². The van der Waals surface area contributed by atoms with Gasteiger partial charge in [-0.2, -0.15) is 0 Å². The summed E-state index contributed by atoms with van der Waals surface area (Å²) in [5.41, 5.74) is 2.73. The van der Waals surface area contributed by atoms with Crippen molar-refractivity contribution in [2.24, 2.45) is 5.41 Å². The zero-order valence-electron chi connectivity index (χ0n) is 18.3. The number of amides is 2. The van der Waals surface area contributed by atoms with Gasteiger partial charge in [-0.25, -0.2) is 4.39 Å². The maximum Gasteiger partial charge on any atom is 0.255 e. The molecule has 0 aliphatic carbocycles. The van der Waals surface area contributed by atoms with Crippen LogP contribution in [0.4, 0.5) is 4.39 Å². The standard InChI is InChI=1S/C26H26FN3O2/c1-29(2)25(32)26(12-14-30(18-26)24(31)22-7-4-13-28-17-22)16-19-5-3-6-21(15-19)20-8-10-23(27)11-9-20/h3-11,13,15,17H,12,14,16,18H2,1-2H3. The van der Waals surface area contributed by atoms with E-state index in [0.717, 1.165) is 16.7 Å². The van der Waals surface area contributed by atoms with Crippen molar-refractivity contribution in [3.63, 3.8) is 0 Å². The molecule has 1 fully saturated rings. The minimum atomic E-state index is -0.692. The van der Waals surface area contributed by atoms with Crippen molar-refractivity contribution in [2.45, 2.75) is 12.8 Å². The molecule has 32 heavy (non-hydrogen) atoms. The lowest BCUT2D eigenvalue weighted by Gasteiger charge is -2.31. The molecular weight excluding hydrogens is 405 g/mol. The Hall–Kier alpha value is -3.54. The first-order valence-electron chi connectivity index (χ1n) is 10.6. The number of pyridine rings is 1. The van der Waals surface area contributed by atoms with Crippen LogP contribution in [0.5, 0.6) is 0 Å². The SMILES string of the molecule is CN(C)C(=O)C1(Cc2cccc(-c3ccc(F)cc3)c2)CCN(C(=O)c2cccnc2)C1. The van der Waals surface area contributed by atoms with Crippen LogP contribution >= 0.6 is 0 Å². The van der Waals surface area contributed by atoms with E-state index in [0.29, 0.717) is 31.5 Å². The van der Waals surface area contributed by atoms with Gasteiger partial charge in [-0.15, -0.1) is 0 Å². The Balaban J connectivity index is 1.61. The molecule has 1 aliphatic rings. The van der Waals surface area contributed by atoms with E-state index in [2.05, 4.69) is 4.98 Å². The number of likely N-dealkylation sites (tertiary alicyclic amines) is 1. The van der Waals surface area contributed by atoms with E-state index < -0.39 is 5.41 Å². The van der Waals surface area contributed by atoms with Crippen molar-refractivity contribution in [1.82, 2.24) is 14.8 Å². The normalized spacial score (nSPS) is 17.9. The van der Waals surface area contributed by atoms with Crippen LogP contribution in [0.25, 0.3) is 11.1 Å². The van der Waals surface area contributed by atoms with Crippen LogP contribution in [0.15, 0.2) is 73.1 Å². The minimum absolute atomic E-state index is 0.0196. The van der Waals surface area contributed by atoms with Gasteiger partial charge in [-0.3, -0.25) is 14.6 Å². The number of nitrogens with zero attached hydrogens (tertiary/aromatic N) is 3. The zero-order chi connectivity index (χ0) is 22.7. The van der Waals surface area contributed by atoms with E-state index in [1.807, 2.05) is 24.3 Å². The summed E-state index contributed by atoms with van der Waals surface area (Å²) < 4.78 is 13.3. The molecule has 0 saturated carbocycles. The molecule has 2 heterocycles. The predicted molar refractivity (Wildman–Crippen MR) is 121 cm³/mol. The van der Waals surface area contributed by atoms with E-state index in [9.17, 15) is 14.0 Å².